The summed E-state index contributed by atoms with van der Waals surface area (Å²) in [5, 5.41) is 7.86. The van der Waals surface area contributed by atoms with E-state index in [1.165, 1.54) is 21.1 Å². The molecule has 118 valence electrons. The summed E-state index contributed by atoms with van der Waals surface area (Å²) in [6, 6.07) is 10.3. The molecule has 5 heteroatoms. The van der Waals surface area contributed by atoms with Gasteiger partial charge in [0.2, 0.25) is 0 Å². The van der Waals surface area contributed by atoms with E-state index in [1.54, 1.807) is 18.4 Å². The lowest BCUT2D eigenvalue weighted by molar-refractivity contribution is 0.789. The number of aliphatic imine (C=N–C) groups is 1. The van der Waals surface area contributed by atoms with E-state index in [0.717, 1.165) is 31.9 Å². The summed E-state index contributed by atoms with van der Waals surface area (Å²) in [7, 11) is 1.79. The molecule has 0 radical (unpaired) electrons. The van der Waals surface area contributed by atoms with Crippen LogP contribution < -0.4 is 10.6 Å². The second kappa shape index (κ2) is 8.54. The molecule has 0 saturated carbocycles. The van der Waals surface area contributed by atoms with E-state index in [-0.39, 0.29) is 0 Å². The smallest absolute Gasteiger partial charge is 0.191 e. The molecule has 22 heavy (non-hydrogen) atoms. The summed E-state index contributed by atoms with van der Waals surface area (Å²) in [6.45, 7) is 5.91. The highest BCUT2D eigenvalue weighted by atomic mass is 32.1. The first-order valence-corrected chi connectivity index (χ1v) is 8.48. The van der Waals surface area contributed by atoms with Crippen LogP contribution in [0.3, 0.4) is 0 Å². The Morgan fingerprint density at radius 2 is 2.00 bits per heavy atom. The predicted octanol–water partition coefficient (Wildman–Crippen LogP) is 2.92. The van der Waals surface area contributed by atoms with Gasteiger partial charge in [-0.3, -0.25) is 4.99 Å². The van der Waals surface area contributed by atoms with Crippen LogP contribution in [0.2, 0.25) is 0 Å². The molecule has 0 unspecified atom stereocenters. The van der Waals surface area contributed by atoms with Gasteiger partial charge >= 0.3 is 0 Å². The van der Waals surface area contributed by atoms with E-state index in [9.17, 15) is 0 Å². The molecule has 0 saturated heterocycles. The van der Waals surface area contributed by atoms with Gasteiger partial charge in [0.25, 0.3) is 0 Å². The topological polar surface area (TPSA) is 49.3 Å². The standard InChI is InChI=1S/C17H24N4S/c1-4-15-13(2)22-16(21-15)10-11-19-17(18-3)20-12-14-8-6-5-7-9-14/h5-9H,4,10-12H2,1-3H3,(H2,18,19,20). The first-order valence-electron chi connectivity index (χ1n) is 7.66. The second-order valence-corrected chi connectivity index (χ2v) is 6.34. The van der Waals surface area contributed by atoms with Crippen molar-refractivity contribution in [2.75, 3.05) is 13.6 Å². The van der Waals surface area contributed by atoms with Crippen molar-refractivity contribution in [2.24, 2.45) is 4.99 Å². The molecule has 2 aromatic rings. The average molecular weight is 316 g/mol. The summed E-state index contributed by atoms with van der Waals surface area (Å²) in [5.74, 6) is 0.827. The van der Waals surface area contributed by atoms with Crippen molar-refractivity contribution in [1.29, 1.82) is 0 Å². The van der Waals surface area contributed by atoms with E-state index in [4.69, 9.17) is 0 Å². The molecular weight excluding hydrogens is 292 g/mol. The summed E-state index contributed by atoms with van der Waals surface area (Å²) in [4.78, 5) is 10.3. The van der Waals surface area contributed by atoms with E-state index >= 15 is 0 Å². The highest BCUT2D eigenvalue weighted by Crippen LogP contribution is 2.17. The lowest BCUT2D eigenvalue weighted by Crippen LogP contribution is -2.37. The Hall–Kier alpha value is -1.88. The Labute approximate surface area is 136 Å². The van der Waals surface area contributed by atoms with Crippen LogP contribution in [-0.4, -0.2) is 24.5 Å². The van der Waals surface area contributed by atoms with Gasteiger partial charge in [0.05, 0.1) is 10.7 Å². The van der Waals surface area contributed by atoms with Gasteiger partial charge in [-0.2, -0.15) is 0 Å². The van der Waals surface area contributed by atoms with E-state index in [2.05, 4.69) is 46.6 Å². The van der Waals surface area contributed by atoms with Crippen LogP contribution >= 0.6 is 11.3 Å². The van der Waals surface area contributed by atoms with Gasteiger partial charge < -0.3 is 10.6 Å². The van der Waals surface area contributed by atoms with Crippen LogP contribution in [0.4, 0.5) is 0 Å². The highest BCUT2D eigenvalue weighted by molar-refractivity contribution is 7.11. The zero-order valence-corrected chi connectivity index (χ0v) is 14.3. The third-order valence-electron chi connectivity index (χ3n) is 3.43. The number of hydrogen-bond acceptors (Lipinski definition) is 3. The van der Waals surface area contributed by atoms with Crippen molar-refractivity contribution < 1.29 is 0 Å². The van der Waals surface area contributed by atoms with Crippen LogP contribution in [0.15, 0.2) is 35.3 Å². The van der Waals surface area contributed by atoms with Crippen LogP contribution in [0.1, 0.15) is 28.1 Å². The summed E-state index contributed by atoms with van der Waals surface area (Å²) >= 11 is 1.80. The SMILES string of the molecule is CCc1nc(CCNC(=NC)NCc2ccccc2)sc1C. The van der Waals surface area contributed by atoms with Gasteiger partial charge in [-0.1, -0.05) is 37.3 Å². The number of aromatic nitrogens is 1. The Kier molecular flexibility index (Phi) is 6.40. The number of hydrogen-bond donors (Lipinski definition) is 2. The molecule has 0 spiro atoms. The fourth-order valence-corrected chi connectivity index (χ4v) is 3.23. The van der Waals surface area contributed by atoms with Gasteiger partial charge in [0.1, 0.15) is 0 Å². The molecule has 0 bridgehead atoms. The molecule has 0 aliphatic carbocycles. The quantitative estimate of drug-likeness (QED) is 0.636. The Morgan fingerprint density at radius 1 is 1.23 bits per heavy atom. The van der Waals surface area contributed by atoms with E-state index in [1.807, 2.05) is 18.2 Å². The average Bonchev–Trinajstić information content (AvgIpc) is 2.91. The third-order valence-corrected chi connectivity index (χ3v) is 4.50. The van der Waals surface area contributed by atoms with Crippen LogP contribution in [0.25, 0.3) is 0 Å². The Morgan fingerprint density at radius 3 is 2.64 bits per heavy atom. The minimum atomic E-state index is 0.775. The van der Waals surface area contributed by atoms with Crippen molar-refractivity contribution in [3.05, 3.63) is 51.5 Å². The molecule has 0 atom stereocenters. The number of aryl methyl sites for hydroxylation is 2. The Balaban J connectivity index is 1.76. The first kappa shape index (κ1) is 16.5. The molecule has 1 aromatic carbocycles. The minimum Gasteiger partial charge on any atom is -0.356 e. The molecule has 0 aliphatic rings. The maximum Gasteiger partial charge on any atom is 0.191 e. The molecular formula is C17H24N4S. The van der Waals surface area contributed by atoms with E-state index < -0.39 is 0 Å². The predicted molar refractivity (Wildman–Crippen MR) is 94.6 cm³/mol. The largest absolute Gasteiger partial charge is 0.356 e. The van der Waals surface area contributed by atoms with Gasteiger partial charge in [-0.15, -0.1) is 11.3 Å². The number of guanidine groups is 1. The van der Waals surface area contributed by atoms with Crippen molar-refractivity contribution >= 4 is 17.3 Å². The molecule has 0 aliphatic heterocycles. The fourth-order valence-electron chi connectivity index (χ4n) is 2.21. The van der Waals surface area contributed by atoms with Crippen LogP contribution in [-0.2, 0) is 19.4 Å². The van der Waals surface area contributed by atoms with Gasteiger partial charge in [0.15, 0.2) is 5.96 Å². The van der Waals surface area contributed by atoms with E-state index in [0.29, 0.717) is 0 Å². The highest BCUT2D eigenvalue weighted by Gasteiger charge is 2.06. The maximum atomic E-state index is 4.66. The number of rotatable bonds is 6. The molecule has 0 amide bonds. The second-order valence-electron chi connectivity index (χ2n) is 5.05. The summed E-state index contributed by atoms with van der Waals surface area (Å²) < 4.78 is 0. The lowest BCUT2D eigenvalue weighted by atomic mass is 10.2. The summed E-state index contributed by atoms with van der Waals surface area (Å²) in [5.41, 5.74) is 2.47. The maximum absolute atomic E-state index is 4.66. The van der Waals surface area contributed by atoms with Crippen molar-refractivity contribution in [3.8, 4) is 0 Å². The minimum absolute atomic E-state index is 0.775. The molecule has 2 N–H and O–H groups in total. The number of nitrogens with one attached hydrogen (secondary N) is 2. The normalized spacial score (nSPS) is 11.5. The molecule has 1 aromatic heterocycles. The monoisotopic (exact) mass is 316 g/mol. The number of benzene rings is 1. The molecule has 2 rings (SSSR count). The van der Waals surface area contributed by atoms with Crippen molar-refractivity contribution in [3.63, 3.8) is 0 Å². The molecule has 4 nitrogen and oxygen atoms in total. The fraction of sp³-hybridized carbons (Fsp3) is 0.412. The van der Waals surface area contributed by atoms with Gasteiger partial charge in [-0.05, 0) is 18.9 Å². The number of nitrogens with zero attached hydrogens (tertiary/aromatic N) is 2. The van der Waals surface area contributed by atoms with Crippen molar-refractivity contribution in [2.45, 2.75) is 33.2 Å². The Bertz CT molecular complexity index is 604. The van der Waals surface area contributed by atoms with Crippen molar-refractivity contribution in [1.82, 2.24) is 15.6 Å². The summed E-state index contributed by atoms with van der Waals surface area (Å²) in [6.07, 6.45) is 1.94. The van der Waals surface area contributed by atoms with Crippen LogP contribution in [0.5, 0.6) is 0 Å². The van der Waals surface area contributed by atoms with Crippen LogP contribution in [0, 0.1) is 6.92 Å². The first-order chi connectivity index (χ1) is 10.7. The van der Waals surface area contributed by atoms with Gasteiger partial charge in [0, 0.05) is 31.4 Å². The number of thiazole rings is 1. The zero-order chi connectivity index (χ0) is 15.8. The zero-order valence-electron chi connectivity index (χ0n) is 13.5. The third kappa shape index (κ3) is 4.84. The lowest BCUT2D eigenvalue weighted by Gasteiger charge is -2.11. The van der Waals surface area contributed by atoms with Gasteiger partial charge in [-0.25, -0.2) is 4.98 Å². The molecule has 0 fully saturated rings. The molecule has 1 heterocycles.